The molecule has 0 aliphatic carbocycles. The van der Waals surface area contributed by atoms with Crippen LogP contribution in [0, 0.1) is 5.82 Å². The van der Waals surface area contributed by atoms with Gasteiger partial charge in [-0.15, -0.1) is 0 Å². The predicted octanol–water partition coefficient (Wildman–Crippen LogP) is 4.05. The highest BCUT2D eigenvalue weighted by Gasteiger charge is 2.60. The maximum atomic E-state index is 13.5. The number of epoxide rings is 1. The first kappa shape index (κ1) is 18.8. The van der Waals surface area contributed by atoms with Gasteiger partial charge in [0.1, 0.15) is 23.8 Å². The van der Waals surface area contributed by atoms with Crippen LogP contribution in [0.1, 0.15) is 17.2 Å². The van der Waals surface area contributed by atoms with Crippen LogP contribution in [-0.2, 0) is 21.6 Å². The predicted molar refractivity (Wildman–Crippen MR) is 104 cm³/mol. The lowest BCUT2D eigenvalue weighted by atomic mass is 9.91. The van der Waals surface area contributed by atoms with Crippen molar-refractivity contribution in [3.63, 3.8) is 0 Å². The van der Waals surface area contributed by atoms with Crippen LogP contribution in [0.3, 0.4) is 0 Å². The van der Waals surface area contributed by atoms with E-state index in [9.17, 15) is 4.39 Å². The van der Waals surface area contributed by atoms with Crippen LogP contribution in [0.25, 0.3) is 0 Å². The third-order valence-corrected chi connectivity index (χ3v) is 5.12. The average Bonchev–Trinajstić information content (AvgIpc) is 3.26. The van der Waals surface area contributed by atoms with Gasteiger partial charge < -0.3 is 14.2 Å². The molecule has 1 aromatic heterocycles. The molecule has 1 aliphatic heterocycles. The molecular formula is C19H15ClFN3O3S. The monoisotopic (exact) mass is 419 g/mol. The molecule has 0 saturated carbocycles. The summed E-state index contributed by atoms with van der Waals surface area (Å²) in [4.78, 5) is 4.06. The second-order valence-electron chi connectivity index (χ2n) is 6.17. The minimum atomic E-state index is -0.806. The molecule has 1 aliphatic rings. The zero-order valence-corrected chi connectivity index (χ0v) is 16.3. The molecule has 2 heterocycles. The summed E-state index contributed by atoms with van der Waals surface area (Å²) in [5.41, 5.74) is 0.817. The third-order valence-electron chi connectivity index (χ3n) is 4.52. The lowest BCUT2D eigenvalue weighted by molar-refractivity contribution is 0.245. The van der Waals surface area contributed by atoms with Gasteiger partial charge in [0.05, 0.1) is 13.7 Å². The molecular weight excluding hydrogens is 405 g/mol. The number of aromatic nitrogens is 3. The first-order valence-corrected chi connectivity index (χ1v) is 9.14. The van der Waals surface area contributed by atoms with Crippen molar-refractivity contribution >= 4 is 29.1 Å². The smallest absolute Gasteiger partial charge is 0.360 e. The van der Waals surface area contributed by atoms with E-state index in [-0.39, 0.29) is 29.7 Å². The Kier molecular flexibility index (Phi) is 5.01. The van der Waals surface area contributed by atoms with Gasteiger partial charge in [0.2, 0.25) is 0 Å². The average molecular weight is 420 g/mol. The van der Waals surface area contributed by atoms with Crippen molar-refractivity contribution in [2.45, 2.75) is 18.2 Å². The Morgan fingerprint density at radius 1 is 1.29 bits per heavy atom. The Morgan fingerprint density at radius 2 is 2.04 bits per heavy atom. The van der Waals surface area contributed by atoms with Crippen LogP contribution in [0.15, 0.2) is 54.9 Å². The van der Waals surface area contributed by atoms with Crippen molar-refractivity contribution in [3.05, 3.63) is 76.8 Å². The molecule has 2 atom stereocenters. The minimum absolute atomic E-state index is 0.0792. The van der Waals surface area contributed by atoms with Crippen LogP contribution < -0.4 is 4.74 Å². The number of rotatable bonds is 5. The summed E-state index contributed by atoms with van der Waals surface area (Å²) >= 11 is 11.3. The highest BCUT2D eigenvalue weighted by molar-refractivity contribution is 7.79. The summed E-state index contributed by atoms with van der Waals surface area (Å²) in [6.45, 7) is 0.260. The molecule has 3 aromatic rings. The Balaban J connectivity index is 1.70. The van der Waals surface area contributed by atoms with Crippen molar-refractivity contribution in [1.29, 1.82) is 0 Å². The van der Waals surface area contributed by atoms with Crippen molar-refractivity contribution < 1.29 is 18.6 Å². The Morgan fingerprint density at radius 3 is 2.75 bits per heavy atom. The van der Waals surface area contributed by atoms with E-state index >= 15 is 0 Å². The fourth-order valence-corrected chi connectivity index (χ4v) is 3.43. The fourth-order valence-electron chi connectivity index (χ4n) is 3.12. The van der Waals surface area contributed by atoms with E-state index in [2.05, 4.69) is 10.1 Å². The minimum Gasteiger partial charge on any atom is -0.460 e. The van der Waals surface area contributed by atoms with Gasteiger partial charge >= 0.3 is 11.2 Å². The Hall–Kier alpha value is -2.55. The van der Waals surface area contributed by atoms with E-state index in [1.807, 2.05) is 18.2 Å². The highest BCUT2D eigenvalue weighted by Crippen LogP contribution is 2.59. The number of ether oxygens (including phenoxy) is 3. The molecule has 0 bridgehead atoms. The first-order valence-electron chi connectivity index (χ1n) is 8.35. The second-order valence-corrected chi connectivity index (χ2v) is 6.91. The van der Waals surface area contributed by atoms with Gasteiger partial charge in [-0.3, -0.25) is 0 Å². The van der Waals surface area contributed by atoms with Gasteiger partial charge in [-0.1, -0.05) is 41.9 Å². The molecule has 9 heteroatoms. The zero-order chi connectivity index (χ0) is 19.7. The van der Waals surface area contributed by atoms with Crippen molar-refractivity contribution in [2.24, 2.45) is 0 Å². The summed E-state index contributed by atoms with van der Waals surface area (Å²) in [5.74, 6) is -0.330. The van der Waals surface area contributed by atoms with Gasteiger partial charge in [0.15, 0.2) is 0 Å². The zero-order valence-electron chi connectivity index (χ0n) is 14.7. The molecule has 0 spiro atoms. The summed E-state index contributed by atoms with van der Waals surface area (Å²) < 4.78 is 31.4. The molecule has 6 nitrogen and oxygen atoms in total. The van der Waals surface area contributed by atoms with E-state index in [0.29, 0.717) is 5.02 Å². The molecule has 1 fully saturated rings. The molecule has 28 heavy (non-hydrogen) atoms. The lowest BCUT2D eigenvalue weighted by Crippen LogP contribution is -2.22. The van der Waals surface area contributed by atoms with Crippen LogP contribution in [0.4, 0.5) is 4.39 Å². The molecule has 1 saturated heterocycles. The number of nitrogens with zero attached hydrogens (tertiary/aromatic N) is 3. The lowest BCUT2D eigenvalue weighted by Gasteiger charge is -2.15. The largest absolute Gasteiger partial charge is 0.460 e. The number of benzene rings is 2. The standard InChI is InChI=1S/C19H15ClFN3O3S/c1-25-18(28)26-17-22-11-23-24(17)10-19(12-6-8-13(21)9-7-12)16(27-19)14-4-2-3-5-15(14)20/h2-9,11,16H,10H2,1H3. The van der Waals surface area contributed by atoms with Gasteiger partial charge in [-0.2, -0.15) is 10.1 Å². The van der Waals surface area contributed by atoms with Crippen LogP contribution >= 0.6 is 23.8 Å². The van der Waals surface area contributed by atoms with Crippen LogP contribution in [0.5, 0.6) is 6.01 Å². The maximum Gasteiger partial charge on any atom is 0.360 e. The topological polar surface area (TPSA) is 61.7 Å². The number of methoxy groups -OCH3 is 1. The number of halogens is 2. The molecule has 0 radical (unpaired) electrons. The van der Waals surface area contributed by atoms with E-state index < -0.39 is 5.60 Å². The van der Waals surface area contributed by atoms with Crippen LogP contribution in [-0.4, -0.2) is 27.1 Å². The normalized spacial score (nSPS) is 20.6. The van der Waals surface area contributed by atoms with Crippen molar-refractivity contribution in [1.82, 2.24) is 14.8 Å². The molecule has 144 valence electrons. The van der Waals surface area contributed by atoms with Gasteiger partial charge in [-0.25, -0.2) is 9.07 Å². The molecule has 2 aromatic carbocycles. The quantitative estimate of drug-likeness (QED) is 0.459. The summed E-state index contributed by atoms with van der Waals surface area (Å²) in [6, 6.07) is 13.8. The van der Waals surface area contributed by atoms with Gasteiger partial charge in [0, 0.05) is 22.8 Å². The van der Waals surface area contributed by atoms with Crippen LogP contribution in [0.2, 0.25) is 5.02 Å². The summed E-state index contributed by atoms with van der Waals surface area (Å²) in [6.07, 6.45) is 1.01. The Labute approximate surface area is 170 Å². The number of hydrogen-bond donors (Lipinski definition) is 0. The summed E-state index contributed by atoms with van der Waals surface area (Å²) in [7, 11) is 1.40. The van der Waals surface area contributed by atoms with E-state index in [1.54, 1.807) is 18.2 Å². The molecule has 0 N–H and O–H groups in total. The maximum absolute atomic E-state index is 13.5. The molecule has 4 rings (SSSR count). The van der Waals surface area contributed by atoms with E-state index in [0.717, 1.165) is 11.1 Å². The van der Waals surface area contributed by atoms with E-state index in [4.69, 9.17) is 38.0 Å². The van der Waals surface area contributed by atoms with Gasteiger partial charge in [-0.05, 0) is 23.8 Å². The molecule has 0 amide bonds. The number of thiocarbonyl (C=S) groups is 1. The Bertz CT molecular complexity index is 1010. The van der Waals surface area contributed by atoms with Crippen molar-refractivity contribution in [3.8, 4) is 6.01 Å². The first-order chi connectivity index (χ1) is 13.5. The third kappa shape index (κ3) is 3.46. The summed E-state index contributed by atoms with van der Waals surface area (Å²) in [5, 5.41) is 4.71. The molecule has 2 unspecified atom stereocenters. The highest BCUT2D eigenvalue weighted by atomic mass is 35.5. The second kappa shape index (κ2) is 7.46. The van der Waals surface area contributed by atoms with E-state index in [1.165, 1.54) is 30.3 Å². The fraction of sp³-hybridized carbons (Fsp3) is 0.211. The van der Waals surface area contributed by atoms with Crippen molar-refractivity contribution in [2.75, 3.05) is 7.11 Å². The number of hydrogen-bond acceptors (Lipinski definition) is 6. The SMILES string of the molecule is COC(=S)Oc1ncnn1CC1(c2ccc(F)cc2)OC1c1ccccc1Cl. The van der Waals surface area contributed by atoms with Gasteiger partial charge in [0.25, 0.3) is 0 Å².